The molecular weight excluding hydrogens is 240 g/mol. The lowest BCUT2D eigenvalue weighted by molar-refractivity contribution is 0.0594. The number of carbonyl (C=O) groups excluding carboxylic acids is 1. The molecule has 1 amide bonds. The molecule has 0 spiro atoms. The summed E-state index contributed by atoms with van der Waals surface area (Å²) >= 11 is 0. The lowest BCUT2D eigenvalue weighted by Crippen LogP contribution is -2.49. The molecule has 0 saturated carbocycles. The van der Waals surface area contributed by atoms with Crippen LogP contribution in [0.15, 0.2) is 24.3 Å². The number of benzene rings is 1. The number of ether oxygens (including phenoxy) is 1. The Morgan fingerprint density at radius 1 is 1.16 bits per heavy atom. The average Bonchev–Trinajstić information content (AvgIpc) is 2.46. The van der Waals surface area contributed by atoms with Crippen LogP contribution in [0.1, 0.15) is 15.9 Å². The van der Waals surface area contributed by atoms with Gasteiger partial charge in [0.2, 0.25) is 0 Å². The van der Waals surface area contributed by atoms with Crippen molar-refractivity contribution in [3.05, 3.63) is 35.4 Å². The first-order valence-electron chi connectivity index (χ1n) is 6.78. The van der Waals surface area contributed by atoms with E-state index in [4.69, 9.17) is 4.74 Å². The summed E-state index contributed by atoms with van der Waals surface area (Å²) in [6.45, 7) is 7.20. The van der Waals surface area contributed by atoms with E-state index in [0.29, 0.717) is 0 Å². The van der Waals surface area contributed by atoms with Crippen molar-refractivity contribution >= 4 is 5.91 Å². The first kappa shape index (κ1) is 14.0. The third kappa shape index (κ3) is 3.78. The van der Waals surface area contributed by atoms with Gasteiger partial charge in [0, 0.05) is 45.4 Å². The Balaban J connectivity index is 1.87. The smallest absolute Gasteiger partial charge is 0.253 e. The first-order chi connectivity index (χ1) is 9.20. The topological polar surface area (TPSA) is 32.8 Å². The zero-order valence-corrected chi connectivity index (χ0v) is 11.8. The molecule has 0 bridgehead atoms. The van der Waals surface area contributed by atoms with Gasteiger partial charge >= 0.3 is 0 Å². The van der Waals surface area contributed by atoms with Crippen molar-refractivity contribution < 1.29 is 9.53 Å². The molecule has 0 unspecified atom stereocenters. The van der Waals surface area contributed by atoms with Crippen LogP contribution < -0.4 is 0 Å². The molecule has 2 rings (SSSR count). The van der Waals surface area contributed by atoms with Gasteiger partial charge in [-0.15, -0.1) is 0 Å². The highest BCUT2D eigenvalue weighted by atomic mass is 16.5. The molecule has 0 N–H and O–H groups in total. The predicted octanol–water partition coefficient (Wildman–Crippen LogP) is 1.40. The van der Waals surface area contributed by atoms with Gasteiger partial charge in [0.15, 0.2) is 0 Å². The van der Waals surface area contributed by atoms with Gasteiger partial charge < -0.3 is 9.64 Å². The van der Waals surface area contributed by atoms with Crippen LogP contribution in [0.3, 0.4) is 0 Å². The quantitative estimate of drug-likeness (QED) is 0.822. The highest BCUT2D eigenvalue weighted by molar-refractivity contribution is 5.94. The molecule has 0 radical (unpaired) electrons. The van der Waals surface area contributed by atoms with E-state index in [1.165, 1.54) is 5.56 Å². The predicted molar refractivity (Wildman–Crippen MR) is 75.4 cm³/mol. The number of rotatable bonds is 4. The van der Waals surface area contributed by atoms with Gasteiger partial charge in [0.05, 0.1) is 6.61 Å². The summed E-state index contributed by atoms with van der Waals surface area (Å²) in [6, 6.07) is 7.80. The third-order valence-electron chi connectivity index (χ3n) is 3.57. The molecule has 19 heavy (non-hydrogen) atoms. The van der Waals surface area contributed by atoms with Crippen molar-refractivity contribution in [3.8, 4) is 0 Å². The van der Waals surface area contributed by atoms with Gasteiger partial charge in [-0.3, -0.25) is 9.69 Å². The van der Waals surface area contributed by atoms with Crippen molar-refractivity contribution in [2.24, 2.45) is 0 Å². The number of hydrogen-bond acceptors (Lipinski definition) is 3. The first-order valence-corrected chi connectivity index (χ1v) is 6.78. The third-order valence-corrected chi connectivity index (χ3v) is 3.57. The van der Waals surface area contributed by atoms with Gasteiger partial charge in [-0.2, -0.15) is 0 Å². The number of nitrogens with zero attached hydrogens (tertiary/aromatic N) is 2. The molecule has 1 aromatic rings. The molecule has 1 aromatic carbocycles. The number of methoxy groups -OCH3 is 1. The minimum atomic E-state index is 0.145. The van der Waals surface area contributed by atoms with Crippen LogP contribution in [0.4, 0.5) is 0 Å². The number of hydrogen-bond donors (Lipinski definition) is 0. The lowest BCUT2D eigenvalue weighted by Gasteiger charge is -2.34. The SMILES string of the molecule is COCCN1CCN(C(=O)c2ccc(C)cc2)CC1. The van der Waals surface area contributed by atoms with Gasteiger partial charge in [-0.1, -0.05) is 17.7 Å². The second-order valence-corrected chi connectivity index (χ2v) is 4.99. The average molecular weight is 262 g/mol. The van der Waals surface area contributed by atoms with Crippen molar-refractivity contribution in [2.45, 2.75) is 6.92 Å². The molecule has 104 valence electrons. The fraction of sp³-hybridized carbons (Fsp3) is 0.533. The summed E-state index contributed by atoms with van der Waals surface area (Å²) < 4.78 is 5.08. The van der Waals surface area contributed by atoms with Crippen LogP contribution in [0.5, 0.6) is 0 Å². The number of aryl methyl sites for hydroxylation is 1. The summed E-state index contributed by atoms with van der Waals surface area (Å²) in [5.74, 6) is 0.145. The Morgan fingerprint density at radius 3 is 2.37 bits per heavy atom. The molecule has 1 aliphatic heterocycles. The lowest BCUT2D eigenvalue weighted by atomic mass is 10.1. The Labute approximate surface area is 115 Å². The molecule has 1 saturated heterocycles. The molecule has 0 aromatic heterocycles. The molecule has 4 nitrogen and oxygen atoms in total. The summed E-state index contributed by atoms with van der Waals surface area (Å²) in [4.78, 5) is 16.6. The molecule has 1 aliphatic rings. The summed E-state index contributed by atoms with van der Waals surface area (Å²) in [5.41, 5.74) is 1.97. The Kier molecular flexibility index (Phi) is 4.93. The van der Waals surface area contributed by atoms with Gasteiger partial charge in [0.1, 0.15) is 0 Å². The zero-order chi connectivity index (χ0) is 13.7. The van der Waals surface area contributed by atoms with E-state index in [-0.39, 0.29) is 5.91 Å². The van der Waals surface area contributed by atoms with Crippen LogP contribution in [-0.4, -0.2) is 62.1 Å². The van der Waals surface area contributed by atoms with Crippen LogP contribution in [0.2, 0.25) is 0 Å². The minimum Gasteiger partial charge on any atom is -0.383 e. The summed E-state index contributed by atoms with van der Waals surface area (Å²) in [6.07, 6.45) is 0. The van der Waals surface area contributed by atoms with Gasteiger partial charge in [-0.25, -0.2) is 0 Å². The van der Waals surface area contributed by atoms with Crippen molar-refractivity contribution in [2.75, 3.05) is 46.4 Å². The number of carbonyl (C=O) groups is 1. The zero-order valence-electron chi connectivity index (χ0n) is 11.8. The maximum atomic E-state index is 12.3. The van der Waals surface area contributed by atoms with Crippen molar-refractivity contribution in [1.29, 1.82) is 0 Å². The van der Waals surface area contributed by atoms with E-state index in [9.17, 15) is 4.79 Å². The molecule has 1 fully saturated rings. The summed E-state index contributed by atoms with van der Waals surface area (Å²) in [5, 5.41) is 0. The van der Waals surface area contributed by atoms with E-state index >= 15 is 0 Å². The Hall–Kier alpha value is -1.39. The molecular formula is C15H22N2O2. The van der Waals surface area contributed by atoms with E-state index in [1.807, 2.05) is 36.1 Å². The van der Waals surface area contributed by atoms with E-state index < -0.39 is 0 Å². The Bertz CT molecular complexity index is 409. The van der Waals surface area contributed by atoms with Crippen molar-refractivity contribution in [1.82, 2.24) is 9.80 Å². The fourth-order valence-electron chi connectivity index (χ4n) is 2.27. The van der Waals surface area contributed by atoms with Crippen molar-refractivity contribution in [3.63, 3.8) is 0 Å². The monoisotopic (exact) mass is 262 g/mol. The van der Waals surface area contributed by atoms with Crippen LogP contribution >= 0.6 is 0 Å². The van der Waals surface area contributed by atoms with Gasteiger partial charge in [-0.05, 0) is 19.1 Å². The normalized spacial score (nSPS) is 16.6. The Morgan fingerprint density at radius 2 is 1.79 bits per heavy atom. The number of piperazine rings is 1. The van der Waals surface area contributed by atoms with E-state index in [2.05, 4.69) is 4.90 Å². The highest BCUT2D eigenvalue weighted by Gasteiger charge is 2.21. The maximum Gasteiger partial charge on any atom is 0.253 e. The van der Waals surface area contributed by atoms with E-state index in [0.717, 1.165) is 44.9 Å². The maximum absolute atomic E-state index is 12.3. The van der Waals surface area contributed by atoms with E-state index in [1.54, 1.807) is 7.11 Å². The molecule has 4 heteroatoms. The van der Waals surface area contributed by atoms with Crippen LogP contribution in [0.25, 0.3) is 0 Å². The molecule has 0 aliphatic carbocycles. The standard InChI is InChI=1S/C15H22N2O2/c1-13-3-5-14(6-4-13)15(18)17-9-7-16(8-10-17)11-12-19-2/h3-6H,7-12H2,1-2H3. The second-order valence-electron chi connectivity index (χ2n) is 4.99. The molecule has 0 atom stereocenters. The summed E-state index contributed by atoms with van der Waals surface area (Å²) in [7, 11) is 1.72. The van der Waals surface area contributed by atoms with Gasteiger partial charge in [0.25, 0.3) is 5.91 Å². The molecule has 1 heterocycles. The largest absolute Gasteiger partial charge is 0.383 e. The van der Waals surface area contributed by atoms with Crippen LogP contribution in [0, 0.1) is 6.92 Å². The number of amides is 1. The highest BCUT2D eigenvalue weighted by Crippen LogP contribution is 2.10. The van der Waals surface area contributed by atoms with Crippen LogP contribution in [-0.2, 0) is 4.74 Å². The fourth-order valence-corrected chi connectivity index (χ4v) is 2.27. The minimum absolute atomic E-state index is 0.145. The second kappa shape index (κ2) is 6.68.